The highest BCUT2D eigenvalue weighted by Crippen LogP contribution is 2.30. The van der Waals surface area contributed by atoms with E-state index in [2.05, 4.69) is 25.9 Å². The lowest BCUT2D eigenvalue weighted by Gasteiger charge is -2.15. The lowest BCUT2D eigenvalue weighted by molar-refractivity contribution is -0.114. The van der Waals surface area contributed by atoms with Crippen LogP contribution in [0.15, 0.2) is 121 Å². The molecule has 12 heteroatoms. The Kier molecular flexibility index (Phi) is 13.8. The van der Waals surface area contributed by atoms with E-state index in [0.29, 0.717) is 15.5 Å². The first-order valence-electron chi connectivity index (χ1n) is 14.5. The Bertz CT molecular complexity index is 1860. The Morgan fingerprint density at radius 2 is 1.04 bits per heavy atom. The summed E-state index contributed by atoms with van der Waals surface area (Å²) in [6.07, 6.45) is 7.54. The zero-order valence-corrected chi connectivity index (χ0v) is 29.2. The molecule has 4 aromatic rings. The number of ketones is 2. The largest absolute Gasteiger partial charge is 0.488 e. The Morgan fingerprint density at radius 1 is 0.625 bits per heavy atom. The van der Waals surface area contributed by atoms with E-state index in [1.54, 1.807) is 48.1 Å². The van der Waals surface area contributed by atoms with Gasteiger partial charge in [-0.15, -0.1) is 23.5 Å². The maximum Gasteiger partial charge on any atom is 0.488 e. The molecule has 0 saturated carbocycles. The van der Waals surface area contributed by atoms with Gasteiger partial charge in [-0.25, -0.2) is 8.78 Å². The zero-order valence-electron chi connectivity index (χ0n) is 25.9. The normalized spacial score (nSPS) is 13.9. The van der Waals surface area contributed by atoms with Crippen LogP contribution in [0.3, 0.4) is 0 Å². The Labute approximate surface area is 295 Å². The predicted molar refractivity (Wildman–Crippen MR) is 198 cm³/mol. The lowest BCUT2D eigenvalue weighted by atomic mass is 9.80. The molecule has 244 valence electrons. The molecule has 0 saturated heterocycles. The zero-order chi connectivity index (χ0) is 34.6. The average Bonchev–Trinajstić information content (AvgIpc) is 3.11. The van der Waals surface area contributed by atoms with Gasteiger partial charge in [0.05, 0.1) is 4.48 Å². The second-order valence-corrected chi connectivity index (χ2v) is 12.7. The first-order chi connectivity index (χ1) is 23.1. The fourth-order valence-electron chi connectivity index (χ4n) is 4.54. The van der Waals surface area contributed by atoms with E-state index in [9.17, 15) is 18.4 Å². The first-order valence-corrected chi connectivity index (χ1v) is 17.7. The number of nitrogens with zero attached hydrogens (tertiary/aromatic N) is 2. The second-order valence-electron chi connectivity index (χ2n) is 10.2. The van der Waals surface area contributed by atoms with Gasteiger partial charge in [0.25, 0.3) is 0 Å². The third kappa shape index (κ3) is 10.0. The minimum absolute atomic E-state index is 0.0337. The van der Waals surface area contributed by atoms with Crippen molar-refractivity contribution in [3.05, 3.63) is 130 Å². The molecule has 6 rings (SSSR count). The quantitative estimate of drug-likeness (QED) is 0.167. The minimum Gasteiger partial charge on any atom is -0.423 e. The summed E-state index contributed by atoms with van der Waals surface area (Å²) < 4.78 is 25.9. The summed E-state index contributed by atoms with van der Waals surface area (Å²) in [6.45, 7) is 0.381. The highest BCUT2D eigenvalue weighted by molar-refractivity contribution is 9.12. The summed E-state index contributed by atoms with van der Waals surface area (Å²) >= 11 is 6.69. The number of Topliss-reactive ketones (excluding diaryl/α,β-unsaturated/α-hetero) is 2. The highest BCUT2D eigenvalue weighted by atomic mass is 79.9. The summed E-state index contributed by atoms with van der Waals surface area (Å²) in [6, 6.07) is 27.1. The van der Waals surface area contributed by atoms with Crippen LogP contribution in [-0.4, -0.2) is 66.8 Å². The molecule has 0 fully saturated rings. The molecule has 0 atom stereocenters. The van der Waals surface area contributed by atoms with Gasteiger partial charge in [-0.2, -0.15) is 0 Å². The summed E-state index contributed by atoms with van der Waals surface area (Å²) in [5, 5.41) is 17.1. The average molecular weight is 747 g/mol. The van der Waals surface area contributed by atoms with E-state index in [1.165, 1.54) is 41.3 Å². The van der Waals surface area contributed by atoms with Gasteiger partial charge in [0, 0.05) is 38.9 Å². The van der Waals surface area contributed by atoms with Crippen LogP contribution in [0.25, 0.3) is 16.7 Å². The van der Waals surface area contributed by atoms with Gasteiger partial charge >= 0.3 is 7.12 Å². The van der Waals surface area contributed by atoms with Gasteiger partial charge in [-0.05, 0) is 99.1 Å². The maximum absolute atomic E-state index is 13.1. The molecule has 2 N–H and O–H groups in total. The molecule has 0 unspecified atom stereocenters. The van der Waals surface area contributed by atoms with Crippen molar-refractivity contribution in [2.75, 3.05) is 25.6 Å². The third-order valence-corrected chi connectivity index (χ3v) is 9.40. The fourth-order valence-corrected chi connectivity index (χ4v) is 5.81. The monoisotopic (exact) mass is 746 g/mol. The van der Waals surface area contributed by atoms with Crippen molar-refractivity contribution in [2.24, 2.45) is 9.98 Å². The Balaban J connectivity index is 0.000000175. The van der Waals surface area contributed by atoms with E-state index < -0.39 is 7.12 Å². The summed E-state index contributed by atoms with van der Waals surface area (Å²) in [4.78, 5) is 34.3. The molecule has 0 spiro atoms. The molecule has 0 radical (unpaired) electrons. The Morgan fingerprint density at radius 3 is 1.52 bits per heavy atom. The number of dihydropyridines is 2. The number of carbonyl (C=O) groups is 2. The number of hydrogen-bond donors (Lipinski definition) is 2. The third-order valence-electron chi connectivity index (χ3n) is 7.04. The van der Waals surface area contributed by atoms with Crippen molar-refractivity contribution in [1.82, 2.24) is 0 Å². The van der Waals surface area contributed by atoms with Crippen LogP contribution in [0.1, 0.15) is 16.7 Å². The molecule has 4 aromatic carbocycles. The van der Waals surface area contributed by atoms with E-state index in [1.807, 2.05) is 61.0 Å². The number of allylic oxidation sites excluding steroid dienone is 2. The number of halogens is 3. The van der Waals surface area contributed by atoms with Crippen LogP contribution in [0.4, 0.5) is 8.78 Å². The van der Waals surface area contributed by atoms with Crippen molar-refractivity contribution < 1.29 is 28.4 Å². The molecule has 6 nitrogen and oxygen atoms in total. The van der Waals surface area contributed by atoms with E-state index in [0.717, 1.165) is 32.7 Å². The number of carbonyl (C=O) groups excluding carboxylic acids is 2. The summed E-state index contributed by atoms with van der Waals surface area (Å²) in [7, 11) is -1.51. The van der Waals surface area contributed by atoms with Gasteiger partial charge in [0.1, 0.15) is 24.7 Å². The predicted octanol–water partition coefficient (Wildman–Crippen LogP) is 6.79. The fraction of sp³-hybridized carbons (Fsp3) is 0.111. The van der Waals surface area contributed by atoms with Crippen LogP contribution < -0.4 is 5.46 Å². The van der Waals surface area contributed by atoms with Crippen molar-refractivity contribution >= 4 is 92.7 Å². The number of aliphatic imine (C=N–C) groups is 2. The first kappa shape index (κ1) is 36.9. The van der Waals surface area contributed by atoms with Crippen LogP contribution in [0, 0.1) is 11.6 Å². The van der Waals surface area contributed by atoms with E-state index in [4.69, 9.17) is 10.0 Å². The van der Waals surface area contributed by atoms with E-state index in [-0.39, 0.29) is 36.3 Å². The topological polar surface area (TPSA) is 99.3 Å². The number of benzene rings is 4. The highest BCUT2D eigenvalue weighted by Gasteiger charge is 2.21. The van der Waals surface area contributed by atoms with Crippen molar-refractivity contribution in [1.29, 1.82) is 0 Å². The Hall–Kier alpha value is -3.94. The van der Waals surface area contributed by atoms with Crippen LogP contribution in [-0.2, 0) is 9.59 Å². The molecular weight excluding hydrogens is 717 g/mol. The van der Waals surface area contributed by atoms with Gasteiger partial charge in [-0.1, -0.05) is 48.5 Å². The molecule has 0 aromatic heterocycles. The number of rotatable bonds is 6. The summed E-state index contributed by atoms with van der Waals surface area (Å²) in [5.41, 5.74) is 5.23. The second kappa shape index (κ2) is 18.0. The van der Waals surface area contributed by atoms with Gasteiger partial charge in [0.15, 0.2) is 11.6 Å². The lowest BCUT2D eigenvalue weighted by Crippen LogP contribution is -2.29. The summed E-state index contributed by atoms with van der Waals surface area (Å²) in [5.74, 6) is -0.707. The smallest absolute Gasteiger partial charge is 0.423 e. The van der Waals surface area contributed by atoms with Gasteiger partial charge in [0.2, 0.25) is 0 Å². The standard InChI is InChI=1S/C18H14FNOS.C12H10BrNOS.C6H6BFO2/c1-22-15-8-4-12(5-9-15)16-10-20-11-17(21)18(16)13-2-6-14(19)7-3-13;1-16-9-4-2-8(3-5-9)10-6-14-7-11(15)12(10)13;8-6-3-1-5(2-4-6)7(9)10/h2-10H,11H2,1H3;2-6H,7H2,1H3;1-4,9-10H. The molecule has 0 bridgehead atoms. The van der Waals surface area contributed by atoms with E-state index >= 15 is 0 Å². The van der Waals surface area contributed by atoms with Crippen LogP contribution in [0.2, 0.25) is 0 Å². The number of thioether (sulfide) groups is 2. The maximum atomic E-state index is 13.1. The van der Waals surface area contributed by atoms with Crippen LogP contribution >= 0.6 is 39.5 Å². The molecule has 48 heavy (non-hydrogen) atoms. The van der Waals surface area contributed by atoms with Crippen LogP contribution in [0.5, 0.6) is 0 Å². The van der Waals surface area contributed by atoms with Gasteiger partial charge in [-0.3, -0.25) is 19.6 Å². The molecule has 0 amide bonds. The molecule has 0 aliphatic carbocycles. The molecule has 2 heterocycles. The van der Waals surface area contributed by atoms with Gasteiger partial charge < -0.3 is 10.0 Å². The van der Waals surface area contributed by atoms with Crippen molar-refractivity contribution in [2.45, 2.75) is 9.79 Å². The molecule has 2 aliphatic rings. The molecule has 2 aliphatic heterocycles. The SMILES string of the molecule is CSc1ccc(C2=C(Br)C(=O)CN=C2)cc1.CSc1ccc(C2=C(c3ccc(F)cc3)C(=O)CN=C2)cc1.OB(O)c1ccc(F)cc1. The molecular formula is C36H30BBrF2N2O4S2. The van der Waals surface area contributed by atoms with Crippen molar-refractivity contribution in [3.63, 3.8) is 0 Å². The minimum atomic E-state index is -1.51. The van der Waals surface area contributed by atoms with Crippen molar-refractivity contribution in [3.8, 4) is 0 Å². The number of hydrogen-bond acceptors (Lipinski definition) is 8.